The highest BCUT2D eigenvalue weighted by Crippen LogP contribution is 2.36. The summed E-state index contributed by atoms with van der Waals surface area (Å²) in [5.74, 6) is -2.00. The van der Waals surface area contributed by atoms with Crippen molar-refractivity contribution in [2.45, 2.75) is 26.7 Å². The van der Waals surface area contributed by atoms with Crippen LogP contribution >= 0.6 is 11.3 Å². The van der Waals surface area contributed by atoms with Crippen LogP contribution in [0.4, 0.5) is 18.3 Å². The molecule has 0 aliphatic carbocycles. The number of hydrogen-bond acceptors (Lipinski definition) is 10. The van der Waals surface area contributed by atoms with Gasteiger partial charge in [-0.25, -0.2) is 4.39 Å². The molecular formula is C22H17F3N6O4S. The standard InChI is InChI=1S/C22H17F3N6O4S/c1-11-5-14(18-16(23)3-2-4-17(18)35-20(24)25)15(8-26-11)19(33)29-21-30-31-22(36-21)34-10-13-7-27-12(9-32)6-28-13/h2-8,20,32H,9-10H2,1H3,(H,29,30,33). The zero-order chi connectivity index (χ0) is 25.7. The van der Waals surface area contributed by atoms with Gasteiger partial charge in [-0.2, -0.15) is 8.78 Å². The second-order valence-electron chi connectivity index (χ2n) is 7.14. The average Bonchev–Trinajstić information content (AvgIpc) is 3.30. The van der Waals surface area contributed by atoms with E-state index >= 15 is 0 Å². The highest BCUT2D eigenvalue weighted by atomic mass is 32.1. The Morgan fingerprint density at radius 1 is 1.14 bits per heavy atom. The van der Waals surface area contributed by atoms with Gasteiger partial charge < -0.3 is 14.6 Å². The summed E-state index contributed by atoms with van der Waals surface area (Å²) in [6, 6.07) is 4.86. The van der Waals surface area contributed by atoms with Gasteiger partial charge in [-0.05, 0) is 36.5 Å². The Kier molecular flexibility index (Phi) is 7.65. The fraction of sp³-hybridized carbons (Fsp3) is 0.182. The smallest absolute Gasteiger partial charge is 0.387 e. The minimum atomic E-state index is -3.19. The van der Waals surface area contributed by atoms with Crippen LogP contribution in [0.15, 0.2) is 42.9 Å². The van der Waals surface area contributed by atoms with E-state index in [1.165, 1.54) is 36.8 Å². The quantitative estimate of drug-likeness (QED) is 0.340. The summed E-state index contributed by atoms with van der Waals surface area (Å²) < 4.78 is 50.5. The Morgan fingerprint density at radius 3 is 2.64 bits per heavy atom. The molecule has 0 fully saturated rings. The number of aliphatic hydroxyl groups excluding tert-OH is 1. The van der Waals surface area contributed by atoms with Crippen molar-refractivity contribution in [3.63, 3.8) is 0 Å². The van der Waals surface area contributed by atoms with Gasteiger partial charge in [0.2, 0.25) is 5.13 Å². The fourth-order valence-corrected chi connectivity index (χ4v) is 3.65. The number of hydrogen-bond donors (Lipinski definition) is 2. The summed E-state index contributed by atoms with van der Waals surface area (Å²) in [7, 11) is 0. The molecule has 36 heavy (non-hydrogen) atoms. The maximum absolute atomic E-state index is 14.7. The van der Waals surface area contributed by atoms with E-state index < -0.39 is 24.1 Å². The fourth-order valence-electron chi connectivity index (χ4n) is 3.06. The largest absolute Gasteiger partial charge is 0.462 e. The second kappa shape index (κ2) is 11.0. The molecule has 4 aromatic rings. The van der Waals surface area contributed by atoms with Gasteiger partial charge in [0.1, 0.15) is 18.2 Å². The van der Waals surface area contributed by atoms with Crippen molar-refractivity contribution in [3.8, 4) is 22.1 Å². The van der Waals surface area contributed by atoms with Crippen LogP contribution in [0, 0.1) is 12.7 Å². The van der Waals surface area contributed by atoms with Crippen LogP contribution in [0.1, 0.15) is 27.4 Å². The molecule has 14 heteroatoms. The van der Waals surface area contributed by atoms with Crippen molar-refractivity contribution in [3.05, 3.63) is 71.3 Å². The number of nitrogens with one attached hydrogen (secondary N) is 1. The minimum Gasteiger partial charge on any atom is -0.462 e. The second-order valence-corrected chi connectivity index (χ2v) is 8.08. The van der Waals surface area contributed by atoms with E-state index in [-0.39, 0.29) is 40.2 Å². The van der Waals surface area contributed by atoms with Gasteiger partial charge >= 0.3 is 6.61 Å². The molecule has 0 saturated heterocycles. The highest BCUT2D eigenvalue weighted by molar-refractivity contribution is 7.17. The summed E-state index contributed by atoms with van der Waals surface area (Å²) in [4.78, 5) is 25.2. The molecule has 186 valence electrons. The lowest BCUT2D eigenvalue weighted by molar-refractivity contribution is -0.0495. The number of alkyl halides is 2. The molecule has 0 aliphatic rings. The molecule has 3 heterocycles. The molecule has 10 nitrogen and oxygen atoms in total. The first-order valence-electron chi connectivity index (χ1n) is 10.2. The number of aryl methyl sites for hydroxylation is 1. The van der Waals surface area contributed by atoms with Crippen LogP contribution in [0.2, 0.25) is 0 Å². The number of aromatic nitrogens is 5. The van der Waals surface area contributed by atoms with E-state index in [4.69, 9.17) is 9.84 Å². The predicted octanol–water partition coefficient (Wildman–Crippen LogP) is 3.76. The van der Waals surface area contributed by atoms with Crippen LogP contribution in [0.3, 0.4) is 0 Å². The maximum Gasteiger partial charge on any atom is 0.387 e. The molecule has 0 spiro atoms. The number of rotatable bonds is 9. The topological polar surface area (TPSA) is 132 Å². The summed E-state index contributed by atoms with van der Waals surface area (Å²) in [5.41, 5.74) is 0.932. The first-order valence-corrected chi connectivity index (χ1v) is 11.0. The zero-order valence-electron chi connectivity index (χ0n) is 18.5. The van der Waals surface area contributed by atoms with Gasteiger partial charge in [0, 0.05) is 17.5 Å². The molecule has 0 bridgehead atoms. The van der Waals surface area contributed by atoms with Gasteiger partial charge in [-0.3, -0.25) is 25.1 Å². The number of carbonyl (C=O) groups is 1. The van der Waals surface area contributed by atoms with E-state index in [0.29, 0.717) is 17.1 Å². The van der Waals surface area contributed by atoms with Crippen molar-refractivity contribution in [1.29, 1.82) is 0 Å². The van der Waals surface area contributed by atoms with Gasteiger partial charge in [-0.15, -0.1) is 5.10 Å². The summed E-state index contributed by atoms with van der Waals surface area (Å²) in [6.07, 6.45) is 4.05. The molecule has 0 radical (unpaired) electrons. The number of pyridine rings is 1. The Morgan fingerprint density at radius 2 is 1.92 bits per heavy atom. The summed E-state index contributed by atoms with van der Waals surface area (Å²) >= 11 is 0.919. The number of carbonyl (C=O) groups excluding carboxylic acids is 1. The number of ether oxygens (including phenoxy) is 2. The molecular weight excluding hydrogens is 501 g/mol. The predicted molar refractivity (Wildman–Crippen MR) is 121 cm³/mol. The molecule has 2 N–H and O–H groups in total. The van der Waals surface area contributed by atoms with Crippen molar-refractivity contribution < 1.29 is 32.5 Å². The number of halogens is 3. The van der Waals surface area contributed by atoms with Crippen LogP contribution in [-0.2, 0) is 13.2 Å². The number of anilines is 1. The summed E-state index contributed by atoms with van der Waals surface area (Å²) in [5, 5.41) is 19.4. The summed E-state index contributed by atoms with van der Waals surface area (Å²) in [6.45, 7) is -1.80. The third-order valence-corrected chi connectivity index (χ3v) is 5.39. The molecule has 3 aromatic heterocycles. The van der Waals surface area contributed by atoms with Gasteiger partial charge in [0.15, 0.2) is 0 Å². The minimum absolute atomic E-state index is 0.0136. The Labute approximate surface area is 205 Å². The van der Waals surface area contributed by atoms with Crippen LogP contribution in [-0.4, -0.2) is 42.8 Å². The molecule has 0 saturated carbocycles. The average molecular weight is 518 g/mol. The lowest BCUT2D eigenvalue weighted by Crippen LogP contribution is -2.14. The van der Waals surface area contributed by atoms with Crippen molar-refractivity contribution in [2.24, 2.45) is 0 Å². The third-order valence-electron chi connectivity index (χ3n) is 4.64. The number of benzene rings is 1. The van der Waals surface area contributed by atoms with E-state index in [9.17, 15) is 18.0 Å². The van der Waals surface area contributed by atoms with E-state index in [1.54, 1.807) is 6.92 Å². The number of aliphatic hydroxyl groups is 1. The normalized spacial score (nSPS) is 10.9. The highest BCUT2D eigenvalue weighted by Gasteiger charge is 2.23. The molecule has 1 aromatic carbocycles. The van der Waals surface area contributed by atoms with Crippen molar-refractivity contribution in [1.82, 2.24) is 25.1 Å². The van der Waals surface area contributed by atoms with E-state index in [2.05, 4.69) is 35.2 Å². The molecule has 0 unspecified atom stereocenters. The Hall–Kier alpha value is -4.17. The van der Waals surface area contributed by atoms with Gasteiger partial charge in [0.05, 0.1) is 41.5 Å². The Bertz CT molecular complexity index is 1370. The van der Waals surface area contributed by atoms with Crippen LogP contribution in [0.25, 0.3) is 11.1 Å². The third kappa shape index (κ3) is 5.90. The monoisotopic (exact) mass is 518 g/mol. The number of amides is 1. The molecule has 1 amide bonds. The van der Waals surface area contributed by atoms with E-state index in [0.717, 1.165) is 17.4 Å². The van der Waals surface area contributed by atoms with E-state index in [1.807, 2.05) is 0 Å². The first kappa shape index (κ1) is 24.9. The van der Waals surface area contributed by atoms with Crippen LogP contribution in [0.5, 0.6) is 10.9 Å². The Balaban J connectivity index is 1.53. The first-order chi connectivity index (χ1) is 17.3. The SMILES string of the molecule is Cc1cc(-c2c(F)cccc2OC(F)F)c(C(=O)Nc2nnc(OCc3cnc(CO)cn3)s2)cn1. The molecule has 0 aliphatic heterocycles. The number of nitrogens with zero attached hydrogens (tertiary/aromatic N) is 5. The molecule has 0 atom stereocenters. The van der Waals surface area contributed by atoms with Gasteiger partial charge in [0.25, 0.3) is 11.1 Å². The van der Waals surface area contributed by atoms with Crippen molar-refractivity contribution >= 4 is 22.4 Å². The zero-order valence-corrected chi connectivity index (χ0v) is 19.3. The maximum atomic E-state index is 14.7. The molecule has 4 rings (SSSR count). The lowest BCUT2D eigenvalue weighted by atomic mass is 9.98. The van der Waals surface area contributed by atoms with Gasteiger partial charge in [-0.1, -0.05) is 11.2 Å². The lowest BCUT2D eigenvalue weighted by Gasteiger charge is -2.15. The van der Waals surface area contributed by atoms with Crippen molar-refractivity contribution in [2.75, 3.05) is 5.32 Å². The van der Waals surface area contributed by atoms with Crippen LogP contribution < -0.4 is 14.8 Å².